The zero-order valence-electron chi connectivity index (χ0n) is 14.7. The van der Waals surface area contributed by atoms with Gasteiger partial charge in [0.25, 0.3) is 0 Å². The van der Waals surface area contributed by atoms with E-state index in [0.29, 0.717) is 6.42 Å². The van der Waals surface area contributed by atoms with Gasteiger partial charge >= 0.3 is 0 Å². The maximum absolute atomic E-state index is 13.1. The van der Waals surface area contributed by atoms with Crippen molar-refractivity contribution in [2.75, 3.05) is 6.54 Å². The Morgan fingerprint density at radius 1 is 1.32 bits per heavy atom. The third-order valence-electron chi connectivity index (χ3n) is 5.17. The summed E-state index contributed by atoms with van der Waals surface area (Å²) in [4.78, 5) is 18.5. The van der Waals surface area contributed by atoms with Crippen LogP contribution in [0.1, 0.15) is 48.0 Å². The predicted octanol–water partition coefficient (Wildman–Crippen LogP) is 4.07. The Kier molecular flexibility index (Phi) is 4.07. The van der Waals surface area contributed by atoms with Crippen LogP contribution in [0.3, 0.4) is 0 Å². The lowest BCUT2D eigenvalue weighted by molar-refractivity contribution is -0.134. The lowest BCUT2D eigenvalue weighted by Crippen LogP contribution is -2.39. The molecular weight excluding hydrogens is 314 g/mol. The monoisotopic (exact) mass is 337 g/mol. The van der Waals surface area contributed by atoms with Crippen molar-refractivity contribution in [1.82, 2.24) is 15.0 Å². The van der Waals surface area contributed by atoms with E-state index in [1.165, 1.54) is 0 Å². The van der Waals surface area contributed by atoms with Crippen molar-refractivity contribution < 1.29 is 9.32 Å². The molecule has 0 saturated carbocycles. The number of para-hydroxylation sites is 1. The first-order valence-corrected chi connectivity index (χ1v) is 8.92. The number of hydrogen-bond acceptors (Lipinski definition) is 3. The maximum Gasteiger partial charge on any atom is 0.227 e. The summed E-state index contributed by atoms with van der Waals surface area (Å²) < 4.78 is 5.24. The molecule has 1 saturated heterocycles. The molecule has 5 nitrogen and oxygen atoms in total. The van der Waals surface area contributed by atoms with Crippen LogP contribution in [-0.4, -0.2) is 27.5 Å². The second-order valence-corrected chi connectivity index (χ2v) is 6.91. The Morgan fingerprint density at radius 3 is 2.96 bits per heavy atom. The number of likely N-dealkylation sites (tertiary alicyclic amines) is 1. The molecule has 0 unspecified atom stereocenters. The van der Waals surface area contributed by atoms with E-state index in [4.69, 9.17) is 4.52 Å². The Hall–Kier alpha value is -2.56. The highest BCUT2D eigenvalue weighted by molar-refractivity contribution is 5.90. The molecule has 1 fully saturated rings. The molecule has 0 radical (unpaired) electrons. The van der Waals surface area contributed by atoms with Crippen LogP contribution in [0, 0.1) is 13.8 Å². The third-order valence-corrected chi connectivity index (χ3v) is 5.17. The fraction of sp³-hybridized carbons (Fsp3) is 0.400. The predicted molar refractivity (Wildman–Crippen MR) is 96.3 cm³/mol. The van der Waals surface area contributed by atoms with E-state index in [1.807, 2.05) is 36.9 Å². The van der Waals surface area contributed by atoms with Crippen LogP contribution in [0.15, 0.2) is 34.9 Å². The lowest BCUT2D eigenvalue weighted by atomic mass is 9.97. The Morgan fingerprint density at radius 2 is 2.16 bits per heavy atom. The van der Waals surface area contributed by atoms with Crippen LogP contribution in [0.4, 0.5) is 0 Å². The van der Waals surface area contributed by atoms with E-state index in [-0.39, 0.29) is 11.9 Å². The van der Waals surface area contributed by atoms with Gasteiger partial charge in [0, 0.05) is 29.2 Å². The minimum absolute atomic E-state index is 0.0317. The number of aromatic amines is 1. The van der Waals surface area contributed by atoms with Gasteiger partial charge in [0.15, 0.2) is 0 Å². The molecule has 4 rings (SSSR count). The van der Waals surface area contributed by atoms with Crippen LogP contribution in [0.5, 0.6) is 0 Å². The number of fused-ring (bicyclic) bond motifs is 1. The second-order valence-electron chi connectivity index (χ2n) is 6.91. The SMILES string of the molecule is Cc1cc([C@@H]2CCCCN2C(=O)Cc2c(C)[nH]c3ccccc23)no1. The number of aryl methyl sites for hydroxylation is 2. The summed E-state index contributed by atoms with van der Waals surface area (Å²) >= 11 is 0. The first kappa shape index (κ1) is 15.9. The Labute approximate surface area is 147 Å². The van der Waals surface area contributed by atoms with Crippen LogP contribution in [-0.2, 0) is 11.2 Å². The lowest BCUT2D eigenvalue weighted by Gasteiger charge is -2.34. The number of aromatic nitrogens is 2. The molecule has 25 heavy (non-hydrogen) atoms. The van der Waals surface area contributed by atoms with Crippen LogP contribution >= 0.6 is 0 Å². The van der Waals surface area contributed by atoms with Gasteiger partial charge in [-0.3, -0.25) is 4.79 Å². The highest BCUT2D eigenvalue weighted by Crippen LogP contribution is 2.32. The fourth-order valence-corrected chi connectivity index (χ4v) is 3.90. The second kappa shape index (κ2) is 6.39. The average Bonchev–Trinajstić information content (AvgIpc) is 3.19. The van der Waals surface area contributed by atoms with Crippen molar-refractivity contribution in [3.05, 3.63) is 53.0 Å². The maximum atomic E-state index is 13.1. The van der Waals surface area contributed by atoms with Gasteiger partial charge in [0.2, 0.25) is 5.91 Å². The molecule has 3 heterocycles. The number of carbonyl (C=O) groups is 1. The summed E-state index contributed by atoms with van der Waals surface area (Å²) in [7, 11) is 0. The van der Waals surface area contributed by atoms with Crippen molar-refractivity contribution in [3.63, 3.8) is 0 Å². The molecule has 1 aliphatic rings. The zero-order chi connectivity index (χ0) is 17.4. The molecule has 0 spiro atoms. The van der Waals surface area contributed by atoms with Gasteiger partial charge < -0.3 is 14.4 Å². The molecule has 0 bridgehead atoms. The van der Waals surface area contributed by atoms with Gasteiger partial charge in [0.05, 0.1) is 12.5 Å². The number of carbonyl (C=O) groups excluding carboxylic acids is 1. The summed E-state index contributed by atoms with van der Waals surface area (Å²) in [6.45, 7) is 4.72. The zero-order valence-corrected chi connectivity index (χ0v) is 14.7. The normalized spacial score (nSPS) is 18.0. The van der Waals surface area contributed by atoms with Crippen LogP contribution in [0.2, 0.25) is 0 Å². The van der Waals surface area contributed by atoms with Crippen molar-refractivity contribution in [2.24, 2.45) is 0 Å². The highest BCUT2D eigenvalue weighted by atomic mass is 16.5. The number of nitrogens with one attached hydrogen (secondary N) is 1. The quantitative estimate of drug-likeness (QED) is 0.783. The molecule has 0 aliphatic carbocycles. The summed E-state index contributed by atoms with van der Waals surface area (Å²) in [5.41, 5.74) is 4.13. The van der Waals surface area contributed by atoms with Crippen LogP contribution < -0.4 is 0 Å². The standard InChI is InChI=1S/C20H23N3O2/c1-13-11-18(22-25-13)19-9-5-6-10-23(19)20(24)12-16-14(2)21-17-8-4-3-7-15(16)17/h3-4,7-8,11,19,21H,5-6,9-10,12H2,1-2H3/t19-/m0/s1. The largest absolute Gasteiger partial charge is 0.361 e. The number of rotatable bonds is 3. The van der Waals surface area contributed by atoms with Gasteiger partial charge in [-0.15, -0.1) is 0 Å². The molecule has 1 aromatic carbocycles. The topological polar surface area (TPSA) is 62.1 Å². The number of nitrogens with zero attached hydrogens (tertiary/aromatic N) is 2. The number of H-pyrrole nitrogens is 1. The van der Waals surface area contributed by atoms with Gasteiger partial charge in [-0.1, -0.05) is 23.4 Å². The van der Waals surface area contributed by atoms with E-state index in [2.05, 4.69) is 22.3 Å². The van der Waals surface area contributed by atoms with Gasteiger partial charge in [-0.05, 0) is 44.7 Å². The number of hydrogen-bond donors (Lipinski definition) is 1. The van der Waals surface area contributed by atoms with Gasteiger partial charge in [0.1, 0.15) is 11.5 Å². The molecule has 1 N–H and O–H groups in total. The van der Waals surface area contributed by atoms with Gasteiger partial charge in [-0.25, -0.2) is 0 Å². The first-order chi connectivity index (χ1) is 12.1. The molecule has 1 amide bonds. The minimum Gasteiger partial charge on any atom is -0.361 e. The van der Waals surface area contributed by atoms with Crippen molar-refractivity contribution in [2.45, 2.75) is 45.6 Å². The molecule has 130 valence electrons. The first-order valence-electron chi connectivity index (χ1n) is 8.92. The van der Waals surface area contributed by atoms with Crippen LogP contribution in [0.25, 0.3) is 10.9 Å². The molecule has 2 aromatic heterocycles. The highest BCUT2D eigenvalue weighted by Gasteiger charge is 2.30. The molecule has 1 atom stereocenters. The van der Waals surface area contributed by atoms with Crippen molar-refractivity contribution >= 4 is 16.8 Å². The molecule has 1 aliphatic heterocycles. The number of benzene rings is 1. The summed E-state index contributed by atoms with van der Waals surface area (Å²) in [5, 5.41) is 5.30. The van der Waals surface area contributed by atoms with E-state index in [1.54, 1.807) is 0 Å². The number of amides is 1. The van der Waals surface area contributed by atoms with E-state index < -0.39 is 0 Å². The van der Waals surface area contributed by atoms with Gasteiger partial charge in [-0.2, -0.15) is 0 Å². The number of piperidine rings is 1. The smallest absolute Gasteiger partial charge is 0.227 e. The average molecular weight is 337 g/mol. The minimum atomic E-state index is 0.0317. The Bertz CT molecular complexity index is 909. The van der Waals surface area contributed by atoms with E-state index in [9.17, 15) is 4.79 Å². The van der Waals surface area contributed by atoms with E-state index >= 15 is 0 Å². The third kappa shape index (κ3) is 2.95. The summed E-state index contributed by atoms with van der Waals surface area (Å²) in [6.07, 6.45) is 3.53. The molecule has 5 heteroatoms. The molecular formula is C20H23N3O2. The van der Waals surface area contributed by atoms with E-state index in [0.717, 1.165) is 59.4 Å². The summed E-state index contributed by atoms with van der Waals surface area (Å²) in [5.74, 6) is 0.957. The van der Waals surface area contributed by atoms with Crippen molar-refractivity contribution in [1.29, 1.82) is 0 Å². The molecule has 3 aromatic rings. The summed E-state index contributed by atoms with van der Waals surface area (Å²) in [6, 6.07) is 10.1. The van der Waals surface area contributed by atoms with Crippen molar-refractivity contribution in [3.8, 4) is 0 Å². The Balaban J connectivity index is 1.61. The fourth-order valence-electron chi connectivity index (χ4n) is 3.90.